The summed E-state index contributed by atoms with van der Waals surface area (Å²) >= 11 is 0. The summed E-state index contributed by atoms with van der Waals surface area (Å²) in [5.74, 6) is 0.662. The summed E-state index contributed by atoms with van der Waals surface area (Å²) < 4.78 is 0. The van der Waals surface area contributed by atoms with Crippen LogP contribution in [0, 0.1) is 5.92 Å². The van der Waals surface area contributed by atoms with Gasteiger partial charge in [-0.1, -0.05) is 19.4 Å². The lowest BCUT2D eigenvalue weighted by molar-refractivity contribution is 0.283. The fraction of sp³-hybridized carbons (Fsp3) is 0.800. The first-order chi connectivity index (χ1) is 5.74. The topological polar surface area (TPSA) is 38.0 Å². The monoisotopic (exact) mass is 168 g/mol. The van der Waals surface area contributed by atoms with E-state index in [-0.39, 0.29) is 0 Å². The number of hydrogen-bond donors (Lipinski definition) is 2. The lowest BCUT2D eigenvalue weighted by Gasteiger charge is -2.32. The van der Waals surface area contributed by atoms with Crippen LogP contribution < -0.4 is 11.1 Å². The molecule has 0 radical (unpaired) electrons. The van der Waals surface area contributed by atoms with E-state index in [0.717, 1.165) is 12.2 Å². The minimum Gasteiger partial charge on any atom is -0.386 e. The van der Waals surface area contributed by atoms with Crippen LogP contribution in [0.1, 0.15) is 32.6 Å². The van der Waals surface area contributed by atoms with Crippen LogP contribution in [-0.4, -0.2) is 12.6 Å². The molecule has 0 saturated heterocycles. The first-order valence-electron chi connectivity index (χ1n) is 4.86. The summed E-state index contributed by atoms with van der Waals surface area (Å²) in [5.41, 5.74) is 6.77. The maximum Gasteiger partial charge on any atom is 0.0298 e. The molecule has 0 spiro atoms. The van der Waals surface area contributed by atoms with Gasteiger partial charge in [0, 0.05) is 11.7 Å². The largest absolute Gasteiger partial charge is 0.386 e. The molecule has 1 saturated carbocycles. The molecule has 0 amide bonds. The zero-order valence-corrected chi connectivity index (χ0v) is 7.97. The first-order valence-corrected chi connectivity index (χ1v) is 4.86. The third-order valence-electron chi connectivity index (χ3n) is 2.64. The third kappa shape index (κ3) is 2.52. The minimum absolute atomic E-state index is 0.584. The van der Waals surface area contributed by atoms with Gasteiger partial charge in [-0.05, 0) is 32.2 Å². The standard InChI is InChI=1S/C10H20N2/c1-8(2)12-10-6-4-3-5-9(10)7-11/h9-10,12H,1,3-7,11H2,2H3/t9-,10-/m1/s1. The Labute approximate surface area is 75.2 Å². The summed E-state index contributed by atoms with van der Waals surface area (Å²) in [6.45, 7) is 6.69. The smallest absolute Gasteiger partial charge is 0.0298 e. The normalized spacial score (nSPS) is 29.8. The van der Waals surface area contributed by atoms with Crippen LogP contribution in [0.15, 0.2) is 12.3 Å². The van der Waals surface area contributed by atoms with Gasteiger partial charge in [0.2, 0.25) is 0 Å². The van der Waals surface area contributed by atoms with Gasteiger partial charge in [-0.15, -0.1) is 0 Å². The molecular weight excluding hydrogens is 148 g/mol. The Morgan fingerprint density at radius 2 is 2.17 bits per heavy atom. The first kappa shape index (κ1) is 9.59. The van der Waals surface area contributed by atoms with Crippen molar-refractivity contribution in [3.05, 3.63) is 12.3 Å². The molecule has 2 atom stereocenters. The van der Waals surface area contributed by atoms with Gasteiger partial charge < -0.3 is 11.1 Å². The zero-order valence-electron chi connectivity index (χ0n) is 7.97. The molecule has 12 heavy (non-hydrogen) atoms. The lowest BCUT2D eigenvalue weighted by Crippen LogP contribution is -2.40. The van der Waals surface area contributed by atoms with Crippen LogP contribution in [0.2, 0.25) is 0 Å². The highest BCUT2D eigenvalue weighted by Gasteiger charge is 2.22. The molecule has 0 aromatic carbocycles. The van der Waals surface area contributed by atoms with Gasteiger partial charge >= 0.3 is 0 Å². The molecule has 0 heterocycles. The Kier molecular flexibility index (Phi) is 3.60. The van der Waals surface area contributed by atoms with E-state index < -0.39 is 0 Å². The average molecular weight is 168 g/mol. The maximum absolute atomic E-state index is 5.70. The molecule has 3 N–H and O–H groups in total. The van der Waals surface area contributed by atoms with Crippen molar-refractivity contribution in [2.24, 2.45) is 11.7 Å². The van der Waals surface area contributed by atoms with Crippen molar-refractivity contribution in [2.45, 2.75) is 38.6 Å². The van der Waals surface area contributed by atoms with Gasteiger partial charge in [-0.3, -0.25) is 0 Å². The second-order valence-corrected chi connectivity index (χ2v) is 3.81. The van der Waals surface area contributed by atoms with Gasteiger partial charge in [-0.2, -0.15) is 0 Å². The van der Waals surface area contributed by atoms with E-state index in [0.29, 0.717) is 12.0 Å². The second-order valence-electron chi connectivity index (χ2n) is 3.81. The molecule has 0 bridgehead atoms. The fourth-order valence-corrected chi connectivity index (χ4v) is 2.00. The molecule has 1 aliphatic carbocycles. The third-order valence-corrected chi connectivity index (χ3v) is 2.64. The zero-order chi connectivity index (χ0) is 8.97. The Morgan fingerprint density at radius 1 is 1.50 bits per heavy atom. The van der Waals surface area contributed by atoms with E-state index in [1.807, 2.05) is 6.92 Å². The van der Waals surface area contributed by atoms with Crippen molar-refractivity contribution < 1.29 is 0 Å². The molecule has 1 rings (SSSR count). The Morgan fingerprint density at radius 3 is 2.75 bits per heavy atom. The van der Waals surface area contributed by atoms with E-state index in [1.54, 1.807) is 0 Å². The molecule has 1 fully saturated rings. The van der Waals surface area contributed by atoms with Crippen LogP contribution >= 0.6 is 0 Å². The maximum atomic E-state index is 5.70. The van der Waals surface area contributed by atoms with Gasteiger partial charge in [0.25, 0.3) is 0 Å². The number of allylic oxidation sites excluding steroid dienone is 1. The van der Waals surface area contributed by atoms with E-state index in [1.165, 1.54) is 25.7 Å². The van der Waals surface area contributed by atoms with Gasteiger partial charge in [0.1, 0.15) is 0 Å². The van der Waals surface area contributed by atoms with Crippen LogP contribution in [0.4, 0.5) is 0 Å². The molecule has 2 nitrogen and oxygen atoms in total. The van der Waals surface area contributed by atoms with E-state index >= 15 is 0 Å². The fourth-order valence-electron chi connectivity index (χ4n) is 2.00. The molecule has 1 aliphatic rings. The van der Waals surface area contributed by atoms with Crippen LogP contribution in [-0.2, 0) is 0 Å². The number of hydrogen-bond acceptors (Lipinski definition) is 2. The van der Waals surface area contributed by atoms with Crippen molar-refractivity contribution in [2.75, 3.05) is 6.54 Å². The molecule has 0 aromatic rings. The van der Waals surface area contributed by atoms with Crippen molar-refractivity contribution in [3.8, 4) is 0 Å². The van der Waals surface area contributed by atoms with Crippen LogP contribution in [0.3, 0.4) is 0 Å². The Bertz CT molecular complexity index is 154. The molecule has 70 valence electrons. The van der Waals surface area contributed by atoms with E-state index in [9.17, 15) is 0 Å². The summed E-state index contributed by atoms with van der Waals surface area (Å²) in [6, 6.07) is 0.584. The quantitative estimate of drug-likeness (QED) is 0.672. The number of rotatable bonds is 3. The predicted octanol–water partition coefficient (Wildman–Crippen LogP) is 1.63. The highest BCUT2D eigenvalue weighted by molar-refractivity contribution is 4.92. The Hall–Kier alpha value is -0.500. The van der Waals surface area contributed by atoms with Crippen molar-refractivity contribution in [3.63, 3.8) is 0 Å². The van der Waals surface area contributed by atoms with Crippen molar-refractivity contribution in [1.82, 2.24) is 5.32 Å². The van der Waals surface area contributed by atoms with Crippen molar-refractivity contribution >= 4 is 0 Å². The highest BCUT2D eigenvalue weighted by atomic mass is 14.9. The molecule has 0 aromatic heterocycles. The van der Waals surface area contributed by atoms with Crippen LogP contribution in [0.25, 0.3) is 0 Å². The predicted molar refractivity (Wildman–Crippen MR) is 52.8 cm³/mol. The van der Waals surface area contributed by atoms with Crippen molar-refractivity contribution in [1.29, 1.82) is 0 Å². The lowest BCUT2D eigenvalue weighted by atomic mass is 9.84. The molecular formula is C10H20N2. The summed E-state index contributed by atoms with van der Waals surface area (Å²) in [6.07, 6.45) is 5.22. The second kappa shape index (κ2) is 4.51. The van der Waals surface area contributed by atoms with Gasteiger partial charge in [-0.25, -0.2) is 0 Å². The van der Waals surface area contributed by atoms with Gasteiger partial charge in [0.15, 0.2) is 0 Å². The summed E-state index contributed by atoms with van der Waals surface area (Å²) in [5, 5.41) is 3.41. The SMILES string of the molecule is C=C(C)N[C@@H]1CCCC[C@@H]1CN. The van der Waals surface area contributed by atoms with E-state index in [4.69, 9.17) is 5.73 Å². The number of nitrogens with one attached hydrogen (secondary N) is 1. The van der Waals surface area contributed by atoms with E-state index in [2.05, 4.69) is 11.9 Å². The molecule has 0 unspecified atom stereocenters. The molecule has 0 aliphatic heterocycles. The molecule has 2 heteroatoms. The minimum atomic E-state index is 0.584. The highest BCUT2D eigenvalue weighted by Crippen LogP contribution is 2.23. The van der Waals surface area contributed by atoms with Gasteiger partial charge in [0.05, 0.1) is 0 Å². The Balaban J connectivity index is 2.41. The summed E-state index contributed by atoms with van der Waals surface area (Å²) in [7, 11) is 0. The van der Waals surface area contributed by atoms with Crippen LogP contribution in [0.5, 0.6) is 0 Å². The summed E-state index contributed by atoms with van der Waals surface area (Å²) in [4.78, 5) is 0. The number of nitrogens with two attached hydrogens (primary N) is 1. The average Bonchev–Trinajstić information content (AvgIpc) is 2.04.